The van der Waals surface area contributed by atoms with Crippen LogP contribution in [0.15, 0.2) is 83.8 Å². The van der Waals surface area contributed by atoms with E-state index in [9.17, 15) is 22.4 Å². The third-order valence-corrected chi connectivity index (χ3v) is 8.20. The van der Waals surface area contributed by atoms with Crippen LogP contribution in [0.3, 0.4) is 0 Å². The lowest BCUT2D eigenvalue weighted by Crippen LogP contribution is -2.52. The number of nitrogens with zero attached hydrogens (tertiary/aromatic N) is 2. The average Bonchev–Trinajstić information content (AvgIpc) is 2.91. The average molecular weight is 560 g/mol. The van der Waals surface area contributed by atoms with Crippen LogP contribution < -0.4 is 9.62 Å². The van der Waals surface area contributed by atoms with E-state index in [0.29, 0.717) is 17.0 Å². The largest absolute Gasteiger partial charge is 0.352 e. The van der Waals surface area contributed by atoms with Crippen molar-refractivity contribution in [1.82, 2.24) is 10.2 Å². The molecule has 0 bridgehead atoms. The van der Waals surface area contributed by atoms with E-state index in [0.717, 1.165) is 4.31 Å². The van der Waals surface area contributed by atoms with Crippen molar-refractivity contribution >= 4 is 39.1 Å². The van der Waals surface area contributed by atoms with Gasteiger partial charge in [0.2, 0.25) is 11.8 Å². The number of anilines is 1. The third-order valence-electron chi connectivity index (χ3n) is 6.16. The fourth-order valence-corrected chi connectivity index (χ4v) is 5.23. The van der Waals surface area contributed by atoms with E-state index >= 15 is 0 Å². The molecule has 0 saturated heterocycles. The first-order valence-electron chi connectivity index (χ1n) is 12.2. The van der Waals surface area contributed by atoms with Crippen LogP contribution in [0.5, 0.6) is 0 Å². The summed E-state index contributed by atoms with van der Waals surface area (Å²) in [4.78, 5) is 28.0. The minimum atomic E-state index is -4.17. The maximum absolute atomic E-state index is 13.8. The molecule has 0 aliphatic rings. The van der Waals surface area contributed by atoms with Crippen molar-refractivity contribution in [2.75, 3.05) is 10.8 Å². The monoisotopic (exact) mass is 559 g/mol. The van der Waals surface area contributed by atoms with Gasteiger partial charge in [-0.3, -0.25) is 13.9 Å². The number of hydrogen-bond acceptors (Lipinski definition) is 4. The van der Waals surface area contributed by atoms with Gasteiger partial charge in [-0.05, 0) is 74.4 Å². The summed E-state index contributed by atoms with van der Waals surface area (Å²) >= 11 is 5.95. The Morgan fingerprint density at radius 3 is 2.13 bits per heavy atom. The highest BCUT2D eigenvalue weighted by molar-refractivity contribution is 7.92. The van der Waals surface area contributed by atoms with Crippen molar-refractivity contribution in [3.05, 3.63) is 95.3 Å². The highest BCUT2D eigenvalue weighted by atomic mass is 35.5. The fraction of sp³-hybridized carbons (Fsp3) is 0.286. The zero-order valence-electron chi connectivity index (χ0n) is 21.5. The highest BCUT2D eigenvalue weighted by Gasteiger charge is 2.32. The summed E-state index contributed by atoms with van der Waals surface area (Å²) in [5, 5.41) is 3.24. The Hall–Kier alpha value is -3.43. The number of benzene rings is 3. The smallest absolute Gasteiger partial charge is 0.264 e. The van der Waals surface area contributed by atoms with Crippen LogP contribution in [-0.4, -0.2) is 43.8 Å². The number of rotatable bonds is 11. The predicted molar refractivity (Wildman–Crippen MR) is 147 cm³/mol. The Bertz CT molecular complexity index is 1340. The first-order chi connectivity index (χ1) is 18.0. The molecule has 3 aromatic carbocycles. The topological polar surface area (TPSA) is 86.8 Å². The fourth-order valence-electron chi connectivity index (χ4n) is 3.69. The molecule has 0 unspecified atom stereocenters. The van der Waals surface area contributed by atoms with Crippen LogP contribution in [0.2, 0.25) is 5.02 Å². The van der Waals surface area contributed by atoms with Gasteiger partial charge in [-0.15, -0.1) is 0 Å². The lowest BCUT2D eigenvalue weighted by molar-refractivity contribution is -0.139. The number of amides is 2. The van der Waals surface area contributed by atoms with Gasteiger partial charge in [0, 0.05) is 17.6 Å². The highest BCUT2D eigenvalue weighted by Crippen LogP contribution is 2.25. The molecule has 0 spiro atoms. The Morgan fingerprint density at radius 1 is 0.947 bits per heavy atom. The first kappa shape index (κ1) is 29.1. The van der Waals surface area contributed by atoms with Gasteiger partial charge in [0.05, 0.1) is 10.6 Å². The van der Waals surface area contributed by atoms with E-state index in [2.05, 4.69) is 5.32 Å². The second kappa shape index (κ2) is 12.9. The Morgan fingerprint density at radius 2 is 1.55 bits per heavy atom. The molecule has 202 valence electrons. The molecule has 2 atom stereocenters. The molecule has 1 N–H and O–H groups in total. The summed E-state index contributed by atoms with van der Waals surface area (Å²) < 4.78 is 41.9. The van der Waals surface area contributed by atoms with Gasteiger partial charge >= 0.3 is 0 Å². The Labute approximate surface area is 228 Å². The molecule has 0 aromatic heterocycles. The predicted octanol–water partition coefficient (Wildman–Crippen LogP) is 5.01. The van der Waals surface area contributed by atoms with Gasteiger partial charge in [0.15, 0.2) is 0 Å². The molecule has 0 radical (unpaired) electrons. The van der Waals surface area contributed by atoms with Crippen LogP contribution in [0.1, 0.15) is 32.8 Å². The van der Waals surface area contributed by atoms with Gasteiger partial charge in [0.25, 0.3) is 10.0 Å². The van der Waals surface area contributed by atoms with Gasteiger partial charge in [-0.25, -0.2) is 12.8 Å². The molecule has 0 saturated carbocycles. The summed E-state index contributed by atoms with van der Waals surface area (Å²) in [6, 6.07) is 18.5. The van der Waals surface area contributed by atoms with Crippen LogP contribution in [0.25, 0.3) is 0 Å². The van der Waals surface area contributed by atoms with Crippen molar-refractivity contribution in [2.45, 2.75) is 50.7 Å². The summed E-state index contributed by atoms with van der Waals surface area (Å²) in [7, 11) is -4.17. The third kappa shape index (κ3) is 7.33. The van der Waals surface area contributed by atoms with Crippen molar-refractivity contribution in [1.29, 1.82) is 0 Å². The van der Waals surface area contributed by atoms with Gasteiger partial charge in [0.1, 0.15) is 18.4 Å². The lowest BCUT2D eigenvalue weighted by Gasteiger charge is -2.32. The summed E-state index contributed by atoms with van der Waals surface area (Å²) in [5.41, 5.74) is 0.879. The number of nitrogens with one attached hydrogen (secondary N) is 1. The lowest BCUT2D eigenvalue weighted by atomic mass is 10.1. The number of carbonyl (C=O) groups excluding carboxylic acids is 2. The Kier molecular flexibility index (Phi) is 9.88. The second-order valence-corrected chi connectivity index (χ2v) is 11.2. The number of sulfonamides is 1. The number of carbonyl (C=O) groups is 2. The van der Waals surface area contributed by atoms with Gasteiger partial charge in [-0.1, -0.05) is 48.9 Å². The molecular weight excluding hydrogens is 529 g/mol. The number of para-hydroxylation sites is 1. The quantitative estimate of drug-likeness (QED) is 0.358. The van der Waals surface area contributed by atoms with E-state index in [-0.39, 0.29) is 29.1 Å². The minimum Gasteiger partial charge on any atom is -0.352 e. The molecule has 10 heteroatoms. The number of hydrogen-bond donors (Lipinski definition) is 1. The van der Waals surface area contributed by atoms with E-state index in [1.54, 1.807) is 37.3 Å². The maximum Gasteiger partial charge on any atom is 0.264 e. The summed E-state index contributed by atoms with van der Waals surface area (Å²) in [6.07, 6.45) is 0.700. The van der Waals surface area contributed by atoms with Gasteiger partial charge < -0.3 is 10.2 Å². The molecule has 0 heterocycles. The van der Waals surface area contributed by atoms with Crippen LogP contribution >= 0.6 is 11.6 Å². The SMILES string of the molecule is CC[C@H](C)NC(=O)[C@@H](C)N(Cc1ccc(F)cc1)C(=O)CN(c1ccccc1)S(=O)(=O)c1ccc(Cl)cc1. The molecule has 2 amide bonds. The van der Waals surface area contributed by atoms with Crippen LogP contribution in [0, 0.1) is 5.82 Å². The van der Waals surface area contributed by atoms with Gasteiger partial charge in [-0.2, -0.15) is 0 Å². The van der Waals surface area contributed by atoms with E-state index in [1.807, 2.05) is 13.8 Å². The molecule has 0 aliphatic heterocycles. The summed E-state index contributed by atoms with van der Waals surface area (Å²) in [6.45, 7) is 4.79. The Balaban J connectivity index is 1.99. The van der Waals surface area contributed by atoms with Crippen molar-refractivity contribution in [3.63, 3.8) is 0 Å². The van der Waals surface area contributed by atoms with Crippen molar-refractivity contribution in [2.24, 2.45) is 0 Å². The normalized spacial score (nSPS) is 12.9. The van der Waals surface area contributed by atoms with E-state index in [4.69, 9.17) is 11.6 Å². The first-order valence-corrected chi connectivity index (χ1v) is 14.0. The van der Waals surface area contributed by atoms with E-state index < -0.39 is 34.3 Å². The zero-order chi connectivity index (χ0) is 27.9. The van der Waals surface area contributed by atoms with Crippen molar-refractivity contribution in [3.8, 4) is 0 Å². The van der Waals surface area contributed by atoms with Crippen LogP contribution in [-0.2, 0) is 26.2 Å². The number of halogens is 2. The molecule has 38 heavy (non-hydrogen) atoms. The van der Waals surface area contributed by atoms with E-state index in [1.165, 1.54) is 53.4 Å². The molecule has 3 aromatic rings. The zero-order valence-corrected chi connectivity index (χ0v) is 23.0. The summed E-state index contributed by atoms with van der Waals surface area (Å²) in [5.74, 6) is -1.40. The molecule has 0 fully saturated rings. The van der Waals surface area contributed by atoms with Crippen LogP contribution in [0.4, 0.5) is 10.1 Å². The molecule has 0 aliphatic carbocycles. The maximum atomic E-state index is 13.8. The molecular formula is C28H31ClFN3O4S. The minimum absolute atomic E-state index is 0.0160. The van der Waals surface area contributed by atoms with Crippen molar-refractivity contribution < 1.29 is 22.4 Å². The second-order valence-electron chi connectivity index (χ2n) is 8.94. The molecule has 7 nitrogen and oxygen atoms in total. The standard InChI is InChI=1S/C28H31ClFN3O4S/c1-4-20(2)31-28(35)21(3)32(18-22-10-14-24(30)15-11-22)27(34)19-33(25-8-6-5-7-9-25)38(36,37)26-16-12-23(29)13-17-26/h5-17,20-21H,4,18-19H2,1-3H3,(H,31,35)/t20-,21+/m0/s1. The molecule has 3 rings (SSSR count).